The van der Waals surface area contributed by atoms with Crippen LogP contribution in [-0.2, 0) is 17.6 Å². The molecule has 0 saturated carbocycles. The molecule has 3 rings (SSSR count). The molecule has 1 unspecified atom stereocenters. The minimum absolute atomic E-state index is 0.117. The number of halogens is 1. The average Bonchev–Trinajstić information content (AvgIpc) is 2.95. The van der Waals surface area contributed by atoms with E-state index in [4.69, 9.17) is 11.6 Å². The summed E-state index contributed by atoms with van der Waals surface area (Å²) in [6.07, 6.45) is 1.11. The van der Waals surface area contributed by atoms with Crippen molar-refractivity contribution in [3.63, 3.8) is 0 Å². The summed E-state index contributed by atoms with van der Waals surface area (Å²) in [6.45, 7) is 0.402. The van der Waals surface area contributed by atoms with Crippen molar-refractivity contribution < 1.29 is 19.5 Å². The van der Waals surface area contributed by atoms with Crippen LogP contribution < -0.4 is 10.6 Å². The largest absolute Gasteiger partial charge is 0.507 e. The zero-order chi connectivity index (χ0) is 19.4. The van der Waals surface area contributed by atoms with Crippen molar-refractivity contribution in [2.24, 2.45) is 0 Å². The summed E-state index contributed by atoms with van der Waals surface area (Å²) in [6, 6.07) is 12.0. The standard InChI is InChI=1S/C19H17ClN2O4S/c20-13-5-6-15(23)14(10-13)17(24)21-8-7-11-1-3-12(4-2-11)9-16-18(25)22-19(26)27-16/h1-6,10,16,23H,7-9H2,(H,21,24)(H,22,25,26). The molecule has 1 aliphatic rings. The molecule has 140 valence electrons. The maximum atomic E-state index is 12.1. The zero-order valence-electron chi connectivity index (χ0n) is 14.2. The lowest BCUT2D eigenvalue weighted by molar-refractivity contribution is -0.118. The number of hydrogen-bond acceptors (Lipinski definition) is 5. The molecule has 3 amide bonds. The number of rotatable bonds is 6. The maximum absolute atomic E-state index is 12.1. The fraction of sp³-hybridized carbons (Fsp3) is 0.211. The summed E-state index contributed by atoms with van der Waals surface area (Å²) in [5, 5.41) is 14.5. The lowest BCUT2D eigenvalue weighted by atomic mass is 10.1. The number of thioether (sulfide) groups is 1. The van der Waals surface area contributed by atoms with Crippen LogP contribution in [0.5, 0.6) is 5.75 Å². The molecule has 27 heavy (non-hydrogen) atoms. The monoisotopic (exact) mass is 404 g/mol. The number of amides is 3. The van der Waals surface area contributed by atoms with E-state index in [2.05, 4.69) is 10.6 Å². The molecular formula is C19H17ClN2O4S. The van der Waals surface area contributed by atoms with Crippen LogP contribution in [0.4, 0.5) is 4.79 Å². The Morgan fingerprint density at radius 3 is 2.52 bits per heavy atom. The molecule has 0 radical (unpaired) electrons. The van der Waals surface area contributed by atoms with Crippen LogP contribution in [0, 0.1) is 0 Å². The van der Waals surface area contributed by atoms with Gasteiger partial charge in [0.2, 0.25) is 5.91 Å². The minimum atomic E-state index is -0.388. The van der Waals surface area contributed by atoms with Gasteiger partial charge in [-0.1, -0.05) is 47.6 Å². The molecule has 2 aromatic rings. The smallest absolute Gasteiger partial charge is 0.286 e. The van der Waals surface area contributed by atoms with Crippen LogP contribution in [0.25, 0.3) is 0 Å². The number of imide groups is 1. The second kappa shape index (κ2) is 8.45. The predicted octanol–water partition coefficient (Wildman–Crippen LogP) is 2.91. The van der Waals surface area contributed by atoms with Gasteiger partial charge in [0.05, 0.1) is 10.8 Å². The van der Waals surface area contributed by atoms with Gasteiger partial charge < -0.3 is 10.4 Å². The van der Waals surface area contributed by atoms with Gasteiger partial charge in [0.15, 0.2) is 0 Å². The molecule has 8 heteroatoms. The van der Waals surface area contributed by atoms with Gasteiger partial charge in [-0.15, -0.1) is 0 Å². The third-order valence-corrected chi connectivity index (χ3v) is 5.33. The Labute approximate surface area is 165 Å². The van der Waals surface area contributed by atoms with E-state index in [-0.39, 0.29) is 33.6 Å². The van der Waals surface area contributed by atoms with Gasteiger partial charge in [-0.3, -0.25) is 19.7 Å². The Balaban J connectivity index is 1.50. The van der Waals surface area contributed by atoms with Gasteiger partial charge in [-0.05, 0) is 42.2 Å². The number of phenolic OH excluding ortho intramolecular Hbond substituents is 1. The molecule has 0 bridgehead atoms. The second-order valence-electron chi connectivity index (χ2n) is 6.07. The maximum Gasteiger partial charge on any atom is 0.286 e. The highest BCUT2D eigenvalue weighted by molar-refractivity contribution is 8.15. The Hall–Kier alpha value is -2.51. The molecule has 1 atom stereocenters. The molecule has 0 spiro atoms. The van der Waals surface area contributed by atoms with Crippen LogP contribution in [0.1, 0.15) is 21.5 Å². The van der Waals surface area contributed by atoms with Crippen molar-refractivity contribution in [1.82, 2.24) is 10.6 Å². The van der Waals surface area contributed by atoms with Crippen molar-refractivity contribution in [3.8, 4) is 5.75 Å². The fourth-order valence-corrected chi connectivity index (χ4v) is 3.72. The third kappa shape index (κ3) is 5.02. The van der Waals surface area contributed by atoms with E-state index in [0.29, 0.717) is 24.4 Å². The van der Waals surface area contributed by atoms with Crippen LogP contribution in [0.3, 0.4) is 0 Å². The van der Waals surface area contributed by atoms with Crippen molar-refractivity contribution in [2.45, 2.75) is 18.1 Å². The number of phenols is 1. The highest BCUT2D eigenvalue weighted by Gasteiger charge is 2.31. The predicted molar refractivity (Wildman–Crippen MR) is 104 cm³/mol. The van der Waals surface area contributed by atoms with Crippen LogP contribution in [0.2, 0.25) is 5.02 Å². The van der Waals surface area contributed by atoms with E-state index < -0.39 is 0 Å². The molecular weight excluding hydrogens is 388 g/mol. The zero-order valence-corrected chi connectivity index (χ0v) is 15.8. The topological polar surface area (TPSA) is 95.5 Å². The third-order valence-electron chi connectivity index (χ3n) is 4.11. The van der Waals surface area contributed by atoms with Gasteiger partial charge in [-0.2, -0.15) is 0 Å². The summed E-state index contributed by atoms with van der Waals surface area (Å²) in [7, 11) is 0. The van der Waals surface area contributed by atoms with Crippen molar-refractivity contribution in [1.29, 1.82) is 0 Å². The van der Waals surface area contributed by atoms with Gasteiger partial charge in [0, 0.05) is 11.6 Å². The Bertz CT molecular complexity index is 886. The highest BCUT2D eigenvalue weighted by Crippen LogP contribution is 2.23. The number of carbonyl (C=O) groups excluding carboxylic acids is 3. The fourth-order valence-electron chi connectivity index (χ4n) is 2.69. The van der Waals surface area contributed by atoms with Crippen LogP contribution in [0.15, 0.2) is 42.5 Å². The van der Waals surface area contributed by atoms with E-state index in [0.717, 1.165) is 22.9 Å². The first-order valence-corrected chi connectivity index (χ1v) is 9.54. The summed E-state index contributed by atoms with van der Waals surface area (Å²) < 4.78 is 0. The number of hydrogen-bond donors (Lipinski definition) is 3. The Morgan fingerprint density at radius 2 is 1.85 bits per heavy atom. The first-order chi connectivity index (χ1) is 12.9. The second-order valence-corrected chi connectivity index (χ2v) is 7.68. The van der Waals surface area contributed by atoms with Gasteiger partial charge in [-0.25, -0.2) is 0 Å². The van der Waals surface area contributed by atoms with Crippen molar-refractivity contribution >= 4 is 40.4 Å². The van der Waals surface area contributed by atoms with E-state index in [9.17, 15) is 19.5 Å². The lowest BCUT2D eigenvalue weighted by Gasteiger charge is -2.09. The minimum Gasteiger partial charge on any atom is -0.507 e. The van der Waals surface area contributed by atoms with Crippen molar-refractivity contribution in [3.05, 3.63) is 64.2 Å². The molecule has 6 nitrogen and oxygen atoms in total. The highest BCUT2D eigenvalue weighted by atomic mass is 35.5. The normalized spacial score (nSPS) is 16.3. The number of aromatic hydroxyl groups is 1. The van der Waals surface area contributed by atoms with Crippen LogP contribution in [-0.4, -0.2) is 34.0 Å². The summed E-state index contributed by atoms with van der Waals surface area (Å²) in [4.78, 5) is 34.9. The number of carbonyl (C=O) groups is 3. The summed E-state index contributed by atoms with van der Waals surface area (Å²) in [5.41, 5.74) is 2.13. The van der Waals surface area contributed by atoms with Crippen molar-refractivity contribution in [2.75, 3.05) is 6.54 Å². The van der Waals surface area contributed by atoms with E-state index in [1.807, 2.05) is 24.3 Å². The molecule has 1 saturated heterocycles. The first kappa shape index (κ1) is 19.3. The number of benzene rings is 2. The van der Waals surface area contributed by atoms with Gasteiger partial charge in [0.25, 0.3) is 11.1 Å². The average molecular weight is 405 g/mol. The molecule has 0 aliphatic carbocycles. The number of nitrogens with one attached hydrogen (secondary N) is 2. The molecule has 0 aromatic heterocycles. The molecule has 3 N–H and O–H groups in total. The van der Waals surface area contributed by atoms with Gasteiger partial charge >= 0.3 is 0 Å². The molecule has 1 aliphatic heterocycles. The molecule has 2 aromatic carbocycles. The lowest BCUT2D eigenvalue weighted by Crippen LogP contribution is -2.26. The first-order valence-electron chi connectivity index (χ1n) is 8.28. The van der Waals surface area contributed by atoms with E-state index in [1.165, 1.54) is 18.2 Å². The van der Waals surface area contributed by atoms with Gasteiger partial charge in [0.1, 0.15) is 5.75 Å². The summed E-state index contributed by atoms with van der Waals surface area (Å²) in [5.74, 6) is -0.754. The quantitative estimate of drug-likeness (QED) is 0.688. The Morgan fingerprint density at radius 1 is 1.15 bits per heavy atom. The summed E-state index contributed by atoms with van der Waals surface area (Å²) >= 11 is 6.86. The SMILES string of the molecule is O=C1NC(=O)C(Cc2ccc(CCNC(=O)c3cc(Cl)ccc3O)cc2)S1. The van der Waals surface area contributed by atoms with Crippen LogP contribution >= 0.6 is 23.4 Å². The Kier molecular flexibility index (Phi) is 6.03. The van der Waals surface area contributed by atoms with E-state index >= 15 is 0 Å². The molecule has 1 heterocycles. The van der Waals surface area contributed by atoms with E-state index in [1.54, 1.807) is 0 Å². The molecule has 1 fully saturated rings.